The smallest absolute Gasteiger partial charge is 0.249 e. The molecule has 0 radical (unpaired) electrons. The molecular weight excluding hydrogens is 244 g/mol. The van der Waals surface area contributed by atoms with Crippen LogP contribution in [0.3, 0.4) is 0 Å². The van der Waals surface area contributed by atoms with E-state index in [1.54, 1.807) is 11.9 Å². The van der Waals surface area contributed by atoms with E-state index in [9.17, 15) is 4.79 Å². The summed E-state index contributed by atoms with van der Waals surface area (Å²) in [5.74, 6) is 1.32. The SMILES string of the molecule is CN1C(=O)CC[C@H]1c1nc(CNCC(C)(C)C)no1. The molecule has 1 aliphatic rings. The van der Waals surface area contributed by atoms with E-state index in [0.717, 1.165) is 13.0 Å². The van der Waals surface area contributed by atoms with Crippen LogP contribution in [0.25, 0.3) is 0 Å². The number of rotatable bonds is 4. The molecule has 1 fully saturated rings. The van der Waals surface area contributed by atoms with E-state index in [1.165, 1.54) is 0 Å². The Morgan fingerprint density at radius 2 is 2.21 bits per heavy atom. The Bertz CT molecular complexity index is 450. The first kappa shape index (κ1) is 14.0. The van der Waals surface area contributed by atoms with Crippen LogP contribution in [0, 0.1) is 5.41 Å². The van der Waals surface area contributed by atoms with Crippen molar-refractivity contribution in [3.05, 3.63) is 11.7 Å². The van der Waals surface area contributed by atoms with Crippen LogP contribution in [0.2, 0.25) is 0 Å². The Morgan fingerprint density at radius 3 is 2.79 bits per heavy atom. The van der Waals surface area contributed by atoms with E-state index < -0.39 is 0 Å². The Kier molecular flexibility index (Phi) is 3.89. The van der Waals surface area contributed by atoms with Gasteiger partial charge in [0.1, 0.15) is 6.04 Å². The molecule has 6 heteroatoms. The van der Waals surface area contributed by atoms with E-state index in [2.05, 4.69) is 36.2 Å². The lowest BCUT2D eigenvalue weighted by Crippen LogP contribution is -2.26. The number of amides is 1. The van der Waals surface area contributed by atoms with Crippen molar-refractivity contribution in [3.8, 4) is 0 Å². The molecule has 0 unspecified atom stereocenters. The normalized spacial score (nSPS) is 20.3. The summed E-state index contributed by atoms with van der Waals surface area (Å²) in [6.45, 7) is 7.98. The highest BCUT2D eigenvalue weighted by Crippen LogP contribution is 2.29. The van der Waals surface area contributed by atoms with Gasteiger partial charge in [-0.2, -0.15) is 4.98 Å². The van der Waals surface area contributed by atoms with Gasteiger partial charge in [-0.05, 0) is 11.8 Å². The molecule has 0 saturated carbocycles. The Morgan fingerprint density at radius 1 is 1.47 bits per heavy atom. The molecule has 2 rings (SSSR count). The fourth-order valence-corrected chi connectivity index (χ4v) is 2.12. The van der Waals surface area contributed by atoms with E-state index >= 15 is 0 Å². The minimum Gasteiger partial charge on any atom is -0.337 e. The van der Waals surface area contributed by atoms with Gasteiger partial charge in [0.15, 0.2) is 5.82 Å². The van der Waals surface area contributed by atoms with Crippen molar-refractivity contribution in [1.82, 2.24) is 20.4 Å². The van der Waals surface area contributed by atoms with Crippen molar-refractivity contribution >= 4 is 5.91 Å². The van der Waals surface area contributed by atoms with Crippen molar-refractivity contribution < 1.29 is 9.32 Å². The summed E-state index contributed by atoms with van der Waals surface area (Å²) >= 11 is 0. The molecule has 1 amide bonds. The van der Waals surface area contributed by atoms with Gasteiger partial charge in [0, 0.05) is 20.0 Å². The Labute approximate surface area is 113 Å². The lowest BCUT2D eigenvalue weighted by Gasteiger charge is -2.17. The Hall–Kier alpha value is -1.43. The molecule has 1 aromatic rings. The van der Waals surface area contributed by atoms with Crippen molar-refractivity contribution in [2.45, 2.75) is 46.2 Å². The molecule has 106 valence electrons. The summed E-state index contributed by atoms with van der Waals surface area (Å²) in [6, 6.07) is -0.0589. The number of carbonyl (C=O) groups is 1. The molecule has 2 heterocycles. The fourth-order valence-electron chi connectivity index (χ4n) is 2.12. The van der Waals surface area contributed by atoms with Gasteiger partial charge in [-0.25, -0.2) is 0 Å². The standard InChI is InChI=1S/C13H22N4O2/c1-13(2,3)8-14-7-10-15-12(19-16-10)9-5-6-11(18)17(9)4/h9,14H,5-8H2,1-4H3/t9-/m0/s1. The molecule has 1 aromatic heterocycles. The third-order valence-corrected chi connectivity index (χ3v) is 3.20. The molecule has 0 spiro atoms. The number of likely N-dealkylation sites (tertiary alicyclic amines) is 1. The van der Waals surface area contributed by atoms with Gasteiger partial charge in [0.05, 0.1) is 6.54 Å². The van der Waals surface area contributed by atoms with Crippen molar-refractivity contribution in [2.24, 2.45) is 5.41 Å². The van der Waals surface area contributed by atoms with Gasteiger partial charge in [0.2, 0.25) is 11.8 Å². The summed E-state index contributed by atoms with van der Waals surface area (Å²) in [6.07, 6.45) is 1.31. The van der Waals surface area contributed by atoms with Crippen LogP contribution in [0.1, 0.15) is 51.4 Å². The molecule has 0 bridgehead atoms. The van der Waals surface area contributed by atoms with Crippen LogP contribution in [0.4, 0.5) is 0 Å². The lowest BCUT2D eigenvalue weighted by atomic mass is 9.97. The quantitative estimate of drug-likeness (QED) is 0.894. The average molecular weight is 266 g/mol. The first-order chi connectivity index (χ1) is 8.87. The molecule has 1 aliphatic heterocycles. The fraction of sp³-hybridized carbons (Fsp3) is 0.769. The van der Waals surface area contributed by atoms with Gasteiger partial charge in [0.25, 0.3) is 0 Å². The topological polar surface area (TPSA) is 71.3 Å². The highest BCUT2D eigenvalue weighted by molar-refractivity contribution is 5.78. The van der Waals surface area contributed by atoms with Crippen LogP contribution in [0.5, 0.6) is 0 Å². The van der Waals surface area contributed by atoms with Crippen LogP contribution < -0.4 is 5.32 Å². The number of hydrogen-bond donors (Lipinski definition) is 1. The maximum atomic E-state index is 11.5. The van der Waals surface area contributed by atoms with E-state index in [-0.39, 0.29) is 17.4 Å². The maximum absolute atomic E-state index is 11.5. The zero-order chi connectivity index (χ0) is 14.0. The summed E-state index contributed by atoms with van der Waals surface area (Å²) in [4.78, 5) is 17.5. The molecule has 0 aliphatic carbocycles. The van der Waals surface area contributed by atoms with E-state index in [0.29, 0.717) is 24.7 Å². The third-order valence-electron chi connectivity index (χ3n) is 3.20. The number of nitrogens with one attached hydrogen (secondary N) is 1. The number of nitrogens with zero attached hydrogens (tertiary/aromatic N) is 3. The second-order valence-electron chi connectivity index (χ2n) is 6.27. The van der Waals surface area contributed by atoms with Crippen LogP contribution in [-0.2, 0) is 11.3 Å². The van der Waals surface area contributed by atoms with Gasteiger partial charge in [-0.15, -0.1) is 0 Å². The van der Waals surface area contributed by atoms with Crippen LogP contribution in [0.15, 0.2) is 4.52 Å². The van der Waals surface area contributed by atoms with Gasteiger partial charge >= 0.3 is 0 Å². The number of aromatic nitrogens is 2. The Balaban J connectivity index is 1.91. The van der Waals surface area contributed by atoms with Gasteiger partial charge < -0.3 is 14.7 Å². The zero-order valence-electron chi connectivity index (χ0n) is 12.1. The maximum Gasteiger partial charge on any atom is 0.249 e. The van der Waals surface area contributed by atoms with E-state index in [4.69, 9.17) is 4.52 Å². The first-order valence-electron chi connectivity index (χ1n) is 6.66. The molecular formula is C13H22N4O2. The second kappa shape index (κ2) is 5.28. The number of carbonyl (C=O) groups excluding carboxylic acids is 1. The molecule has 0 aromatic carbocycles. The lowest BCUT2D eigenvalue weighted by molar-refractivity contribution is -0.127. The molecule has 19 heavy (non-hydrogen) atoms. The summed E-state index contributed by atoms with van der Waals surface area (Å²) < 4.78 is 5.25. The molecule has 6 nitrogen and oxygen atoms in total. The molecule has 1 N–H and O–H groups in total. The number of hydrogen-bond acceptors (Lipinski definition) is 5. The highest BCUT2D eigenvalue weighted by atomic mass is 16.5. The zero-order valence-corrected chi connectivity index (χ0v) is 12.1. The van der Waals surface area contributed by atoms with E-state index in [1.807, 2.05) is 0 Å². The second-order valence-corrected chi connectivity index (χ2v) is 6.27. The average Bonchev–Trinajstić information content (AvgIpc) is 2.86. The summed E-state index contributed by atoms with van der Waals surface area (Å²) in [5, 5.41) is 7.25. The minimum absolute atomic E-state index is 0.0589. The predicted octanol–water partition coefficient (Wildman–Crippen LogP) is 1.50. The van der Waals surface area contributed by atoms with Crippen molar-refractivity contribution in [3.63, 3.8) is 0 Å². The van der Waals surface area contributed by atoms with Crippen molar-refractivity contribution in [2.75, 3.05) is 13.6 Å². The van der Waals surface area contributed by atoms with Gasteiger partial charge in [-0.3, -0.25) is 4.79 Å². The first-order valence-corrected chi connectivity index (χ1v) is 6.66. The monoisotopic (exact) mass is 266 g/mol. The highest BCUT2D eigenvalue weighted by Gasteiger charge is 2.33. The van der Waals surface area contributed by atoms with Crippen LogP contribution in [-0.4, -0.2) is 34.5 Å². The van der Waals surface area contributed by atoms with Crippen LogP contribution >= 0.6 is 0 Å². The summed E-state index contributed by atoms with van der Waals surface area (Å²) in [5.41, 5.74) is 0.227. The van der Waals surface area contributed by atoms with Crippen molar-refractivity contribution in [1.29, 1.82) is 0 Å². The predicted molar refractivity (Wildman–Crippen MR) is 70.2 cm³/mol. The largest absolute Gasteiger partial charge is 0.337 e. The molecule has 1 saturated heterocycles. The van der Waals surface area contributed by atoms with Gasteiger partial charge in [-0.1, -0.05) is 25.9 Å². The summed E-state index contributed by atoms with van der Waals surface area (Å²) in [7, 11) is 1.78. The minimum atomic E-state index is -0.0589. The molecule has 1 atom stereocenters. The third kappa shape index (κ3) is 3.53.